The van der Waals surface area contributed by atoms with Crippen molar-refractivity contribution in [3.05, 3.63) is 11.8 Å². The second kappa shape index (κ2) is 9.25. The Morgan fingerprint density at radius 3 is 2.52 bits per heavy atom. The number of aromatic carboxylic acids is 1. The summed E-state index contributed by atoms with van der Waals surface area (Å²) < 4.78 is 5.30. The van der Waals surface area contributed by atoms with Crippen molar-refractivity contribution in [2.45, 2.75) is 63.3 Å². The average Bonchev–Trinajstić information content (AvgIpc) is 2.59. The van der Waals surface area contributed by atoms with Crippen LogP contribution in [-0.2, 0) is 4.74 Å². The van der Waals surface area contributed by atoms with Crippen molar-refractivity contribution in [3.63, 3.8) is 0 Å². The van der Waals surface area contributed by atoms with Crippen LogP contribution in [-0.4, -0.2) is 51.6 Å². The molecule has 1 amide bonds. The number of rotatable bonds is 6. The topological polar surface area (TPSA) is 113 Å². The maximum atomic E-state index is 11.9. The first-order valence-electron chi connectivity index (χ1n) is 9.05. The second-order valence-corrected chi connectivity index (χ2v) is 8.44. The molecule has 150 valence electrons. The zero-order valence-corrected chi connectivity index (χ0v) is 17.1. The predicted molar refractivity (Wildman–Crippen MR) is 104 cm³/mol. The molecule has 1 heterocycles. The number of aromatic nitrogens is 2. The quantitative estimate of drug-likeness (QED) is 0.495. The summed E-state index contributed by atoms with van der Waals surface area (Å²) in [4.78, 5) is 31.5. The van der Waals surface area contributed by atoms with Gasteiger partial charge in [0.15, 0.2) is 5.16 Å². The van der Waals surface area contributed by atoms with Gasteiger partial charge in [0.2, 0.25) is 0 Å². The van der Waals surface area contributed by atoms with Crippen molar-refractivity contribution in [1.82, 2.24) is 15.3 Å². The normalized spacial score (nSPS) is 20.0. The van der Waals surface area contributed by atoms with Gasteiger partial charge in [-0.05, 0) is 58.6 Å². The van der Waals surface area contributed by atoms with Gasteiger partial charge in [-0.1, -0.05) is 11.8 Å². The highest BCUT2D eigenvalue weighted by Crippen LogP contribution is 2.26. The summed E-state index contributed by atoms with van der Waals surface area (Å²) in [6, 6.07) is 0.118. The molecular weight excluding hydrogens is 368 g/mol. The molecule has 1 aliphatic rings. The molecule has 0 aromatic carbocycles. The lowest BCUT2D eigenvalue weighted by Gasteiger charge is -2.30. The van der Waals surface area contributed by atoms with Crippen molar-refractivity contribution in [3.8, 4) is 0 Å². The molecule has 1 aromatic rings. The first-order valence-corrected chi connectivity index (χ1v) is 10.3. The van der Waals surface area contributed by atoms with E-state index in [1.807, 2.05) is 27.0 Å². The molecule has 1 aromatic heterocycles. The van der Waals surface area contributed by atoms with E-state index in [4.69, 9.17) is 4.74 Å². The number of ether oxygens (including phenoxy) is 1. The molecule has 1 aliphatic carbocycles. The van der Waals surface area contributed by atoms with Crippen LogP contribution < -0.4 is 10.6 Å². The second-order valence-electron chi connectivity index (χ2n) is 7.67. The summed E-state index contributed by atoms with van der Waals surface area (Å²) in [7, 11) is 0. The number of hydrogen-bond donors (Lipinski definition) is 3. The molecule has 1 saturated carbocycles. The van der Waals surface area contributed by atoms with E-state index < -0.39 is 11.6 Å². The van der Waals surface area contributed by atoms with E-state index in [-0.39, 0.29) is 17.7 Å². The average molecular weight is 397 g/mol. The van der Waals surface area contributed by atoms with Crippen LogP contribution >= 0.6 is 11.8 Å². The number of nitrogens with one attached hydrogen (secondary N) is 2. The van der Waals surface area contributed by atoms with E-state index in [2.05, 4.69) is 20.6 Å². The van der Waals surface area contributed by atoms with Crippen molar-refractivity contribution in [2.24, 2.45) is 5.92 Å². The van der Waals surface area contributed by atoms with Gasteiger partial charge in [-0.25, -0.2) is 19.6 Å². The van der Waals surface area contributed by atoms with Crippen LogP contribution in [0.1, 0.15) is 56.8 Å². The minimum Gasteiger partial charge on any atom is -0.477 e. The fraction of sp³-hybridized carbons (Fsp3) is 0.667. The Kier molecular flexibility index (Phi) is 7.29. The minimum atomic E-state index is -1.05. The van der Waals surface area contributed by atoms with Gasteiger partial charge in [-0.3, -0.25) is 0 Å². The number of carbonyl (C=O) groups is 2. The lowest BCUT2D eigenvalue weighted by Crippen LogP contribution is -2.41. The standard InChI is InChI=1S/C18H28N4O4S/c1-18(2,3)26-17(25)21-12-7-5-11(6-8-12)9-19-14-13(15(23)24)10-20-16(22-14)27-4/h10-12H,5-9H2,1-4H3,(H,21,25)(H,23,24)(H,19,20,22). The van der Waals surface area contributed by atoms with E-state index in [0.29, 0.717) is 23.4 Å². The molecule has 0 bridgehead atoms. The van der Waals surface area contributed by atoms with Gasteiger partial charge < -0.3 is 20.5 Å². The maximum absolute atomic E-state index is 11.9. The summed E-state index contributed by atoms with van der Waals surface area (Å²) >= 11 is 1.37. The van der Waals surface area contributed by atoms with Crippen molar-refractivity contribution in [2.75, 3.05) is 18.1 Å². The number of carboxylic acid groups (broad SMARTS) is 1. The number of nitrogens with zero attached hydrogens (tertiary/aromatic N) is 2. The highest BCUT2D eigenvalue weighted by atomic mass is 32.2. The molecule has 9 heteroatoms. The number of carbonyl (C=O) groups excluding carboxylic acids is 1. The van der Waals surface area contributed by atoms with E-state index in [9.17, 15) is 14.7 Å². The molecule has 0 radical (unpaired) electrons. The summed E-state index contributed by atoms with van der Waals surface area (Å²) in [5, 5.41) is 15.9. The highest BCUT2D eigenvalue weighted by Gasteiger charge is 2.25. The Morgan fingerprint density at radius 2 is 1.96 bits per heavy atom. The van der Waals surface area contributed by atoms with Gasteiger partial charge in [-0.15, -0.1) is 0 Å². The zero-order valence-electron chi connectivity index (χ0n) is 16.2. The predicted octanol–water partition coefficient (Wildman–Crippen LogP) is 3.39. The first kappa shape index (κ1) is 21.3. The van der Waals surface area contributed by atoms with Crippen LogP contribution in [0.2, 0.25) is 0 Å². The van der Waals surface area contributed by atoms with Crippen LogP contribution in [0.3, 0.4) is 0 Å². The van der Waals surface area contributed by atoms with Crippen LogP contribution in [0, 0.1) is 5.92 Å². The van der Waals surface area contributed by atoms with Gasteiger partial charge in [0.05, 0.1) is 0 Å². The molecule has 27 heavy (non-hydrogen) atoms. The molecule has 0 atom stereocenters. The largest absolute Gasteiger partial charge is 0.477 e. The molecule has 2 rings (SSSR count). The maximum Gasteiger partial charge on any atom is 0.407 e. The summed E-state index contributed by atoms with van der Waals surface area (Å²) in [5.41, 5.74) is -0.423. The molecule has 0 unspecified atom stereocenters. The van der Waals surface area contributed by atoms with Gasteiger partial charge in [0, 0.05) is 18.8 Å². The van der Waals surface area contributed by atoms with Crippen molar-refractivity contribution >= 4 is 29.6 Å². The summed E-state index contributed by atoms with van der Waals surface area (Å²) in [6.45, 7) is 6.17. The zero-order chi connectivity index (χ0) is 20.0. The van der Waals surface area contributed by atoms with Crippen LogP contribution in [0.15, 0.2) is 11.4 Å². The Balaban J connectivity index is 1.83. The molecule has 1 fully saturated rings. The number of anilines is 1. The van der Waals surface area contributed by atoms with E-state index in [1.54, 1.807) is 0 Å². The number of thioether (sulfide) groups is 1. The molecule has 0 spiro atoms. The Labute approximate surface area is 163 Å². The van der Waals surface area contributed by atoms with Gasteiger partial charge in [0.1, 0.15) is 17.0 Å². The number of amides is 1. The third kappa shape index (κ3) is 6.89. The van der Waals surface area contributed by atoms with E-state index in [1.165, 1.54) is 18.0 Å². The minimum absolute atomic E-state index is 0.0769. The molecular formula is C18H28N4O4S. The van der Waals surface area contributed by atoms with Crippen LogP contribution in [0.25, 0.3) is 0 Å². The SMILES string of the molecule is CSc1ncc(C(=O)O)c(NCC2CCC(NC(=O)OC(C)(C)C)CC2)n1. The van der Waals surface area contributed by atoms with Gasteiger partial charge >= 0.3 is 12.1 Å². The number of alkyl carbamates (subject to hydrolysis) is 1. The third-order valence-electron chi connectivity index (χ3n) is 4.31. The Bertz CT molecular complexity index is 670. The first-order chi connectivity index (χ1) is 12.7. The summed E-state index contributed by atoms with van der Waals surface area (Å²) in [5.74, 6) is -0.290. The van der Waals surface area contributed by atoms with Crippen LogP contribution in [0.5, 0.6) is 0 Å². The molecule has 0 aliphatic heterocycles. The fourth-order valence-electron chi connectivity index (χ4n) is 2.98. The number of hydrogen-bond acceptors (Lipinski definition) is 7. The van der Waals surface area contributed by atoms with Gasteiger partial charge in [-0.2, -0.15) is 0 Å². The van der Waals surface area contributed by atoms with Crippen molar-refractivity contribution in [1.29, 1.82) is 0 Å². The lowest BCUT2D eigenvalue weighted by atomic mass is 9.86. The highest BCUT2D eigenvalue weighted by molar-refractivity contribution is 7.98. The lowest BCUT2D eigenvalue weighted by molar-refractivity contribution is 0.0487. The molecule has 8 nitrogen and oxygen atoms in total. The monoisotopic (exact) mass is 396 g/mol. The Morgan fingerprint density at radius 1 is 1.30 bits per heavy atom. The summed E-state index contributed by atoms with van der Waals surface area (Å²) in [6.07, 6.45) is 6.44. The fourth-order valence-corrected chi connectivity index (χ4v) is 3.32. The molecule has 0 saturated heterocycles. The molecule has 3 N–H and O–H groups in total. The van der Waals surface area contributed by atoms with E-state index >= 15 is 0 Å². The van der Waals surface area contributed by atoms with Gasteiger partial charge in [0.25, 0.3) is 0 Å². The number of carboxylic acids is 1. The van der Waals surface area contributed by atoms with E-state index in [0.717, 1.165) is 25.7 Å². The smallest absolute Gasteiger partial charge is 0.407 e. The Hall–Kier alpha value is -2.03. The third-order valence-corrected chi connectivity index (χ3v) is 4.87. The van der Waals surface area contributed by atoms with Crippen LogP contribution in [0.4, 0.5) is 10.6 Å². The van der Waals surface area contributed by atoms with Crippen molar-refractivity contribution < 1.29 is 19.4 Å².